The first-order valence-electron chi connectivity index (χ1n) is 6.83. The van der Waals surface area contributed by atoms with Crippen LogP contribution in [0.2, 0.25) is 0 Å². The molecule has 2 aromatic heterocycles. The molecule has 0 aliphatic rings. The minimum Gasteiger partial charge on any atom is -0.370 e. The summed E-state index contributed by atoms with van der Waals surface area (Å²) in [5.74, 6) is 1.73. The highest BCUT2D eigenvalue weighted by Gasteiger charge is 2.10. The molecule has 0 radical (unpaired) electrons. The van der Waals surface area contributed by atoms with Crippen LogP contribution in [0.15, 0.2) is 35.8 Å². The highest BCUT2D eigenvalue weighted by Crippen LogP contribution is 2.32. The Bertz CT molecular complexity index is 733. The largest absolute Gasteiger partial charge is 0.370 e. The quantitative estimate of drug-likeness (QED) is 0.766. The molecular formula is C16H17N3S. The van der Waals surface area contributed by atoms with Crippen LogP contribution in [0, 0.1) is 6.92 Å². The third-order valence-electron chi connectivity index (χ3n) is 3.24. The van der Waals surface area contributed by atoms with E-state index in [0.717, 1.165) is 35.7 Å². The maximum atomic E-state index is 4.69. The Morgan fingerprint density at radius 2 is 2.10 bits per heavy atom. The molecule has 3 rings (SSSR count). The summed E-state index contributed by atoms with van der Waals surface area (Å²) in [5.41, 5.74) is 2.20. The summed E-state index contributed by atoms with van der Waals surface area (Å²) < 4.78 is 1.27. The maximum Gasteiger partial charge on any atom is 0.162 e. The molecule has 0 saturated heterocycles. The number of rotatable bonds is 4. The van der Waals surface area contributed by atoms with Crippen LogP contribution in [0.1, 0.15) is 18.9 Å². The molecular weight excluding hydrogens is 266 g/mol. The molecule has 0 fully saturated rings. The molecule has 2 heterocycles. The fourth-order valence-electron chi connectivity index (χ4n) is 2.15. The van der Waals surface area contributed by atoms with Gasteiger partial charge in [-0.25, -0.2) is 9.97 Å². The van der Waals surface area contributed by atoms with Gasteiger partial charge in [-0.15, -0.1) is 11.3 Å². The number of aromatic nitrogens is 2. The van der Waals surface area contributed by atoms with Crippen molar-refractivity contribution < 1.29 is 0 Å². The van der Waals surface area contributed by atoms with E-state index in [2.05, 4.69) is 51.9 Å². The molecule has 4 heteroatoms. The van der Waals surface area contributed by atoms with E-state index in [-0.39, 0.29) is 0 Å². The Hall–Kier alpha value is -1.94. The van der Waals surface area contributed by atoms with Gasteiger partial charge in [-0.1, -0.05) is 25.1 Å². The van der Waals surface area contributed by atoms with Crippen LogP contribution < -0.4 is 5.32 Å². The number of thiophene rings is 1. The molecule has 3 nitrogen and oxygen atoms in total. The molecule has 0 aliphatic heterocycles. The lowest BCUT2D eigenvalue weighted by atomic mass is 10.1. The normalized spacial score (nSPS) is 10.9. The zero-order chi connectivity index (χ0) is 13.9. The Kier molecular flexibility index (Phi) is 3.65. The number of fused-ring (bicyclic) bond motifs is 1. The van der Waals surface area contributed by atoms with Gasteiger partial charge in [0.2, 0.25) is 0 Å². The van der Waals surface area contributed by atoms with Crippen molar-refractivity contribution in [1.29, 1.82) is 0 Å². The van der Waals surface area contributed by atoms with Gasteiger partial charge in [0, 0.05) is 39.3 Å². The smallest absolute Gasteiger partial charge is 0.162 e. The summed E-state index contributed by atoms with van der Waals surface area (Å²) in [6.07, 6.45) is 2.98. The molecule has 20 heavy (non-hydrogen) atoms. The first kappa shape index (κ1) is 13.1. The van der Waals surface area contributed by atoms with Crippen molar-refractivity contribution in [1.82, 2.24) is 9.97 Å². The fraction of sp³-hybridized carbons (Fsp3) is 0.250. The lowest BCUT2D eigenvalue weighted by Gasteiger charge is -2.08. The zero-order valence-corrected chi connectivity index (χ0v) is 12.5. The Balaban J connectivity index is 2.05. The number of nitrogens with one attached hydrogen (secondary N) is 1. The first-order valence-corrected chi connectivity index (χ1v) is 7.71. The highest BCUT2D eigenvalue weighted by atomic mass is 32.1. The highest BCUT2D eigenvalue weighted by molar-refractivity contribution is 7.17. The van der Waals surface area contributed by atoms with E-state index in [1.165, 1.54) is 10.1 Å². The third-order valence-corrected chi connectivity index (χ3v) is 4.20. The molecule has 0 aliphatic carbocycles. The van der Waals surface area contributed by atoms with Gasteiger partial charge in [0.05, 0.1) is 0 Å². The molecule has 0 atom stereocenters. The first-order chi connectivity index (χ1) is 9.79. The topological polar surface area (TPSA) is 37.8 Å². The van der Waals surface area contributed by atoms with Gasteiger partial charge in [-0.2, -0.15) is 0 Å². The molecule has 0 spiro atoms. The number of hydrogen-bond acceptors (Lipinski definition) is 4. The lowest BCUT2D eigenvalue weighted by molar-refractivity contribution is 0.961. The van der Waals surface area contributed by atoms with Crippen molar-refractivity contribution in [3.05, 3.63) is 41.4 Å². The van der Waals surface area contributed by atoms with Crippen molar-refractivity contribution in [3.8, 4) is 11.4 Å². The second kappa shape index (κ2) is 5.59. The van der Waals surface area contributed by atoms with Gasteiger partial charge in [0.25, 0.3) is 0 Å². The zero-order valence-electron chi connectivity index (χ0n) is 11.7. The molecule has 0 saturated carbocycles. The minimum absolute atomic E-state index is 0.798. The monoisotopic (exact) mass is 283 g/mol. The van der Waals surface area contributed by atoms with Gasteiger partial charge in [-0.3, -0.25) is 0 Å². The Morgan fingerprint density at radius 1 is 1.25 bits per heavy atom. The molecule has 0 bridgehead atoms. The second-order valence-corrected chi connectivity index (χ2v) is 5.71. The third kappa shape index (κ3) is 2.39. The lowest BCUT2D eigenvalue weighted by Crippen LogP contribution is -2.05. The molecule has 3 aromatic rings. The molecule has 0 amide bonds. The molecule has 102 valence electrons. The predicted octanol–water partition coefficient (Wildman–Crippen LogP) is 4.49. The molecule has 0 unspecified atom stereocenters. The van der Waals surface area contributed by atoms with Crippen LogP contribution in [0.3, 0.4) is 0 Å². The number of anilines is 1. The molecule has 1 aromatic carbocycles. The Labute approximate surface area is 122 Å². The van der Waals surface area contributed by atoms with Gasteiger partial charge in [0.1, 0.15) is 5.82 Å². The van der Waals surface area contributed by atoms with E-state index in [1.807, 2.05) is 13.1 Å². The van der Waals surface area contributed by atoms with Crippen LogP contribution in [-0.2, 0) is 0 Å². The van der Waals surface area contributed by atoms with E-state index in [1.54, 1.807) is 11.3 Å². The minimum atomic E-state index is 0.798. The van der Waals surface area contributed by atoms with E-state index in [4.69, 9.17) is 0 Å². The predicted molar refractivity (Wildman–Crippen MR) is 86.4 cm³/mol. The van der Waals surface area contributed by atoms with Crippen LogP contribution in [0.4, 0.5) is 5.82 Å². The van der Waals surface area contributed by atoms with Gasteiger partial charge in [-0.05, 0) is 19.4 Å². The van der Waals surface area contributed by atoms with Crippen LogP contribution in [0.25, 0.3) is 21.5 Å². The van der Waals surface area contributed by atoms with Crippen LogP contribution in [0.5, 0.6) is 0 Å². The molecule has 1 N–H and O–H groups in total. The number of benzene rings is 1. The van der Waals surface area contributed by atoms with E-state index < -0.39 is 0 Å². The number of nitrogens with zero attached hydrogens (tertiary/aromatic N) is 2. The summed E-state index contributed by atoms with van der Waals surface area (Å²) in [5, 5.41) is 6.73. The number of aryl methyl sites for hydroxylation is 1. The van der Waals surface area contributed by atoms with E-state index in [0.29, 0.717) is 0 Å². The van der Waals surface area contributed by atoms with Gasteiger partial charge in [0.15, 0.2) is 5.82 Å². The number of hydrogen-bond donors (Lipinski definition) is 1. The van der Waals surface area contributed by atoms with E-state index in [9.17, 15) is 0 Å². The average molecular weight is 283 g/mol. The van der Waals surface area contributed by atoms with Crippen molar-refractivity contribution >= 4 is 27.2 Å². The summed E-state index contributed by atoms with van der Waals surface area (Å²) in [6, 6.07) is 8.38. The second-order valence-electron chi connectivity index (χ2n) is 4.80. The van der Waals surface area contributed by atoms with Crippen LogP contribution >= 0.6 is 11.3 Å². The van der Waals surface area contributed by atoms with Crippen molar-refractivity contribution in [2.24, 2.45) is 0 Å². The standard InChI is InChI=1S/C16H17N3S/c1-3-8-17-15-11(2)9-18-16(19-15)13-10-20-14-7-5-4-6-12(13)14/h4-7,9-10H,3,8H2,1-2H3,(H,17,18,19). The van der Waals surface area contributed by atoms with Gasteiger partial charge < -0.3 is 5.32 Å². The SMILES string of the molecule is CCCNc1nc(-c2csc3ccccc23)ncc1C. The van der Waals surface area contributed by atoms with Crippen molar-refractivity contribution in [3.63, 3.8) is 0 Å². The fourth-order valence-corrected chi connectivity index (χ4v) is 3.08. The summed E-state index contributed by atoms with van der Waals surface area (Å²) >= 11 is 1.74. The average Bonchev–Trinajstić information content (AvgIpc) is 2.90. The van der Waals surface area contributed by atoms with Crippen molar-refractivity contribution in [2.75, 3.05) is 11.9 Å². The van der Waals surface area contributed by atoms with Gasteiger partial charge >= 0.3 is 0 Å². The van der Waals surface area contributed by atoms with E-state index >= 15 is 0 Å². The summed E-state index contributed by atoms with van der Waals surface area (Å²) in [6.45, 7) is 5.12. The maximum absolute atomic E-state index is 4.69. The summed E-state index contributed by atoms with van der Waals surface area (Å²) in [7, 11) is 0. The van der Waals surface area contributed by atoms with Crippen molar-refractivity contribution in [2.45, 2.75) is 20.3 Å². The van der Waals surface area contributed by atoms with Crippen LogP contribution in [-0.4, -0.2) is 16.5 Å². The summed E-state index contributed by atoms with van der Waals surface area (Å²) in [4.78, 5) is 9.18. The Morgan fingerprint density at radius 3 is 2.95 bits per heavy atom.